The zero-order valence-corrected chi connectivity index (χ0v) is 13.6. The monoisotopic (exact) mass is 324 g/mol. The minimum atomic E-state index is -0.608. The van der Waals surface area contributed by atoms with Crippen molar-refractivity contribution in [1.29, 1.82) is 0 Å². The number of ether oxygens (including phenoxy) is 2. The van der Waals surface area contributed by atoms with Crippen LogP contribution in [0.1, 0.15) is 31.7 Å². The number of esters is 2. The molecule has 24 heavy (non-hydrogen) atoms. The lowest BCUT2D eigenvalue weighted by atomic mass is 9.63. The van der Waals surface area contributed by atoms with Crippen molar-refractivity contribution < 1.29 is 19.1 Å². The van der Waals surface area contributed by atoms with Gasteiger partial charge in [-0.15, -0.1) is 0 Å². The summed E-state index contributed by atoms with van der Waals surface area (Å²) in [5.74, 6) is -1.15. The van der Waals surface area contributed by atoms with Crippen LogP contribution in [-0.4, -0.2) is 18.0 Å². The van der Waals surface area contributed by atoms with Crippen LogP contribution in [0.25, 0.3) is 0 Å². The van der Waals surface area contributed by atoms with Crippen molar-refractivity contribution in [2.45, 2.75) is 37.9 Å². The maximum atomic E-state index is 12.5. The summed E-state index contributed by atoms with van der Waals surface area (Å²) in [6.45, 7) is 2.05. The Kier molecular flexibility index (Phi) is 2.88. The van der Waals surface area contributed by atoms with Crippen molar-refractivity contribution in [2.75, 3.05) is 0 Å². The predicted octanol–water partition coefficient (Wildman–Crippen LogP) is 2.97. The number of carbonyl (C=O) groups excluding carboxylic acids is 2. The van der Waals surface area contributed by atoms with Crippen LogP contribution in [0.15, 0.2) is 42.0 Å². The summed E-state index contributed by atoms with van der Waals surface area (Å²) >= 11 is 0. The standard InChI is InChI=1S/C20H20O4/c1-11-9-15-17-16(18(21)23-19(17)22)14(12-7-8-12)10-20(15,24-11)13-5-3-2-4-6-13/h2-6,10-12,15-17H,7-9H2,1H3/t11-,15-,16?,17-,20-/m1/s1. The fraction of sp³-hybridized carbons (Fsp3) is 0.500. The van der Waals surface area contributed by atoms with Gasteiger partial charge in [0.15, 0.2) is 0 Å². The van der Waals surface area contributed by atoms with Gasteiger partial charge in [-0.3, -0.25) is 9.59 Å². The highest BCUT2D eigenvalue weighted by Crippen LogP contribution is 2.60. The Morgan fingerprint density at radius 2 is 1.83 bits per heavy atom. The molecule has 1 unspecified atom stereocenters. The van der Waals surface area contributed by atoms with Gasteiger partial charge in [0, 0.05) is 5.92 Å². The number of hydrogen-bond donors (Lipinski definition) is 0. The van der Waals surface area contributed by atoms with Crippen LogP contribution in [0.4, 0.5) is 0 Å². The summed E-state index contributed by atoms with van der Waals surface area (Å²) < 4.78 is 11.5. The first-order valence-corrected chi connectivity index (χ1v) is 8.81. The molecule has 0 amide bonds. The normalized spacial score (nSPS) is 40.8. The molecule has 0 spiro atoms. The summed E-state index contributed by atoms with van der Waals surface area (Å²) in [7, 11) is 0. The molecule has 124 valence electrons. The van der Waals surface area contributed by atoms with Gasteiger partial charge in [-0.2, -0.15) is 0 Å². The largest absolute Gasteiger partial charge is 0.392 e. The molecule has 2 aliphatic carbocycles. The molecular formula is C20H20O4. The van der Waals surface area contributed by atoms with Crippen molar-refractivity contribution in [3.63, 3.8) is 0 Å². The molecular weight excluding hydrogens is 304 g/mol. The zero-order chi connectivity index (χ0) is 16.5. The smallest absolute Gasteiger partial charge is 0.321 e. The lowest BCUT2D eigenvalue weighted by Gasteiger charge is -2.41. The second-order valence-corrected chi connectivity index (χ2v) is 7.59. The predicted molar refractivity (Wildman–Crippen MR) is 85.7 cm³/mol. The van der Waals surface area contributed by atoms with E-state index < -0.39 is 11.5 Å². The molecule has 0 N–H and O–H groups in total. The molecule has 1 aromatic rings. The van der Waals surface area contributed by atoms with E-state index in [2.05, 4.69) is 18.2 Å². The molecule has 5 rings (SSSR count). The van der Waals surface area contributed by atoms with E-state index in [0.29, 0.717) is 5.92 Å². The Hall–Kier alpha value is -1.94. The van der Waals surface area contributed by atoms with Crippen LogP contribution in [0, 0.1) is 23.7 Å². The summed E-state index contributed by atoms with van der Waals surface area (Å²) in [6.07, 6.45) is 5.17. The second-order valence-electron chi connectivity index (χ2n) is 7.59. The first-order valence-electron chi connectivity index (χ1n) is 8.81. The molecule has 1 aromatic carbocycles. The van der Waals surface area contributed by atoms with Crippen LogP contribution in [-0.2, 0) is 24.7 Å². The Bertz CT molecular complexity index is 748. The molecule has 0 aromatic heterocycles. The molecule has 2 saturated heterocycles. The van der Waals surface area contributed by atoms with E-state index in [1.807, 2.05) is 25.1 Å². The van der Waals surface area contributed by atoms with Crippen LogP contribution in [0.5, 0.6) is 0 Å². The molecule has 2 aliphatic heterocycles. The van der Waals surface area contributed by atoms with Crippen LogP contribution < -0.4 is 0 Å². The van der Waals surface area contributed by atoms with Gasteiger partial charge < -0.3 is 9.47 Å². The molecule has 2 heterocycles. The van der Waals surface area contributed by atoms with Crippen LogP contribution in [0.2, 0.25) is 0 Å². The van der Waals surface area contributed by atoms with Crippen molar-refractivity contribution in [3.05, 3.63) is 47.5 Å². The van der Waals surface area contributed by atoms with E-state index in [4.69, 9.17) is 9.47 Å². The van der Waals surface area contributed by atoms with Crippen molar-refractivity contribution >= 4 is 11.9 Å². The summed E-state index contributed by atoms with van der Waals surface area (Å²) in [4.78, 5) is 24.9. The molecule has 0 bridgehead atoms. The quantitative estimate of drug-likeness (QED) is 0.477. The third kappa shape index (κ3) is 1.83. The Labute approximate surface area is 140 Å². The van der Waals surface area contributed by atoms with Gasteiger partial charge in [0.1, 0.15) is 5.60 Å². The molecule has 4 nitrogen and oxygen atoms in total. The lowest BCUT2D eigenvalue weighted by Crippen LogP contribution is -2.44. The third-order valence-electron chi connectivity index (χ3n) is 6.07. The average Bonchev–Trinajstić information content (AvgIpc) is 3.29. The van der Waals surface area contributed by atoms with E-state index in [1.54, 1.807) is 0 Å². The Balaban J connectivity index is 1.73. The molecule has 4 heteroatoms. The number of fused-ring (bicyclic) bond motifs is 3. The van der Waals surface area contributed by atoms with E-state index >= 15 is 0 Å². The van der Waals surface area contributed by atoms with Crippen molar-refractivity contribution in [2.24, 2.45) is 23.7 Å². The van der Waals surface area contributed by atoms with E-state index in [9.17, 15) is 9.59 Å². The van der Waals surface area contributed by atoms with E-state index in [1.165, 1.54) is 0 Å². The van der Waals surface area contributed by atoms with Crippen molar-refractivity contribution in [1.82, 2.24) is 0 Å². The van der Waals surface area contributed by atoms with Gasteiger partial charge in [0.05, 0.1) is 17.9 Å². The van der Waals surface area contributed by atoms with Crippen molar-refractivity contribution in [3.8, 4) is 0 Å². The second kappa shape index (κ2) is 4.79. The Morgan fingerprint density at radius 3 is 2.54 bits per heavy atom. The summed E-state index contributed by atoms with van der Waals surface area (Å²) in [5.41, 5.74) is 1.54. The number of benzene rings is 1. The maximum Gasteiger partial charge on any atom is 0.321 e. The highest BCUT2D eigenvalue weighted by Gasteiger charge is 2.64. The highest BCUT2D eigenvalue weighted by atomic mass is 16.6. The van der Waals surface area contributed by atoms with E-state index in [0.717, 1.165) is 30.4 Å². The topological polar surface area (TPSA) is 52.6 Å². The van der Waals surface area contributed by atoms with Gasteiger partial charge in [0.2, 0.25) is 0 Å². The molecule has 4 aliphatic rings. The van der Waals surface area contributed by atoms with Gasteiger partial charge >= 0.3 is 11.9 Å². The summed E-state index contributed by atoms with van der Waals surface area (Å²) in [6, 6.07) is 10.1. The maximum absolute atomic E-state index is 12.5. The van der Waals surface area contributed by atoms with Gasteiger partial charge in [0.25, 0.3) is 0 Å². The number of carbonyl (C=O) groups is 2. The SMILES string of the molecule is C[C@@H]1C[C@@H]2[C@H]3C(=O)OC(=O)C3C(C3CC3)=C[C@]2(c2ccccc2)O1. The van der Waals surface area contributed by atoms with Gasteiger partial charge in [-0.1, -0.05) is 35.9 Å². The molecule has 5 atom stereocenters. The number of cyclic esters (lactones) is 2. The third-order valence-corrected chi connectivity index (χ3v) is 6.07. The zero-order valence-electron chi connectivity index (χ0n) is 13.6. The van der Waals surface area contributed by atoms with Gasteiger partial charge in [-0.05, 0) is 43.7 Å². The first kappa shape index (κ1) is 14.4. The fourth-order valence-electron chi connectivity index (χ4n) is 5.00. The summed E-state index contributed by atoms with van der Waals surface area (Å²) in [5, 5.41) is 0. The average molecular weight is 324 g/mol. The van der Waals surface area contributed by atoms with Gasteiger partial charge in [-0.25, -0.2) is 0 Å². The fourth-order valence-corrected chi connectivity index (χ4v) is 5.00. The molecule has 1 saturated carbocycles. The minimum absolute atomic E-state index is 0.0404. The number of rotatable bonds is 2. The first-order chi connectivity index (χ1) is 11.6. The van der Waals surface area contributed by atoms with Crippen LogP contribution in [0.3, 0.4) is 0 Å². The van der Waals surface area contributed by atoms with Crippen LogP contribution >= 0.6 is 0 Å². The lowest BCUT2D eigenvalue weighted by molar-refractivity contribution is -0.154. The molecule has 0 radical (unpaired) electrons. The molecule has 3 fully saturated rings. The Morgan fingerprint density at radius 1 is 1.08 bits per heavy atom. The minimum Gasteiger partial charge on any atom is -0.392 e. The number of hydrogen-bond acceptors (Lipinski definition) is 4. The van der Waals surface area contributed by atoms with E-state index in [-0.39, 0.29) is 29.9 Å². The highest BCUT2D eigenvalue weighted by molar-refractivity contribution is 5.99.